The number of nitrogens with zero attached hydrogens (tertiary/aromatic N) is 1. The number of ether oxygens (including phenoxy) is 1. The van der Waals surface area contributed by atoms with E-state index < -0.39 is 33.5 Å². The molecule has 3 N–H and O–H groups in total. The molecular weight excluding hydrogens is 620 g/mol. The molecule has 0 aromatic heterocycles. The quantitative estimate of drug-likeness (QED) is 0.215. The number of nitrogens with one attached hydrogen (secondary N) is 1. The molecular formula is C34H34ClF2N3O4S. The summed E-state index contributed by atoms with van der Waals surface area (Å²) in [5.74, 6) is -4.23. The number of fused-ring (bicyclic) bond motifs is 1. The van der Waals surface area contributed by atoms with Crippen molar-refractivity contribution in [2.45, 2.75) is 61.1 Å². The zero-order valence-corrected chi connectivity index (χ0v) is 26.0. The Morgan fingerprint density at radius 2 is 1.53 bits per heavy atom. The number of amides is 1. The molecule has 6 rings (SSSR count). The molecule has 11 heteroatoms. The SMILES string of the molecule is N[C@@H]1CCN(C(=O)[C@@H](NS(=O)(=O)c2ccc3cc(OC4CCCC4)ccc3c2)C(F)(F)c2ccc(-c3ccc(Cl)cc3)cc2)C1. The van der Waals surface area contributed by atoms with Crippen LogP contribution in [0.15, 0.2) is 89.8 Å². The number of carbonyl (C=O) groups excluding carboxylic acids is 1. The van der Waals surface area contributed by atoms with Crippen LogP contribution in [0.3, 0.4) is 0 Å². The van der Waals surface area contributed by atoms with Crippen LogP contribution in [0.5, 0.6) is 5.75 Å². The number of hydrogen-bond acceptors (Lipinski definition) is 5. The van der Waals surface area contributed by atoms with E-state index in [2.05, 4.69) is 4.72 Å². The number of nitrogens with two attached hydrogens (primary N) is 1. The number of rotatable bonds is 9. The van der Waals surface area contributed by atoms with Crippen molar-refractivity contribution in [3.05, 3.63) is 95.5 Å². The zero-order valence-electron chi connectivity index (χ0n) is 24.5. The van der Waals surface area contributed by atoms with Crippen LogP contribution < -0.4 is 15.2 Å². The molecule has 7 nitrogen and oxygen atoms in total. The maximum atomic E-state index is 16.3. The third kappa shape index (κ3) is 6.84. The van der Waals surface area contributed by atoms with E-state index in [0.717, 1.165) is 36.6 Å². The van der Waals surface area contributed by atoms with E-state index in [4.69, 9.17) is 22.1 Å². The number of benzene rings is 4. The molecule has 1 aliphatic carbocycles. The molecule has 4 aromatic rings. The van der Waals surface area contributed by atoms with Gasteiger partial charge in [-0.2, -0.15) is 13.5 Å². The fourth-order valence-electron chi connectivity index (χ4n) is 6.01. The second-order valence-corrected chi connectivity index (χ2v) is 13.9. The summed E-state index contributed by atoms with van der Waals surface area (Å²) in [6, 6.07) is 19.3. The normalized spacial score (nSPS) is 18.4. The summed E-state index contributed by atoms with van der Waals surface area (Å²) < 4.78 is 68.0. The molecule has 0 radical (unpaired) electrons. The van der Waals surface area contributed by atoms with E-state index in [-0.39, 0.29) is 30.1 Å². The minimum atomic E-state index is -4.57. The van der Waals surface area contributed by atoms with Crippen molar-refractivity contribution in [2.75, 3.05) is 13.1 Å². The molecule has 2 atom stereocenters. The predicted molar refractivity (Wildman–Crippen MR) is 171 cm³/mol. The van der Waals surface area contributed by atoms with Crippen LogP contribution in [0.2, 0.25) is 5.02 Å². The van der Waals surface area contributed by atoms with Gasteiger partial charge >= 0.3 is 0 Å². The third-order valence-electron chi connectivity index (χ3n) is 8.56. The van der Waals surface area contributed by atoms with E-state index in [1.807, 2.05) is 6.07 Å². The lowest BCUT2D eigenvalue weighted by atomic mass is 9.97. The Hall–Kier alpha value is -3.57. The molecule has 1 saturated heterocycles. The first-order chi connectivity index (χ1) is 21.5. The van der Waals surface area contributed by atoms with Crippen molar-refractivity contribution in [3.63, 3.8) is 0 Å². The summed E-state index contributed by atoms with van der Waals surface area (Å²) in [4.78, 5) is 14.5. The molecule has 1 saturated carbocycles. The number of halogens is 3. The highest BCUT2D eigenvalue weighted by Crippen LogP contribution is 2.36. The van der Waals surface area contributed by atoms with Crippen LogP contribution in [0.25, 0.3) is 21.9 Å². The molecule has 1 aliphatic heterocycles. The van der Waals surface area contributed by atoms with Crippen molar-refractivity contribution in [1.29, 1.82) is 0 Å². The first-order valence-electron chi connectivity index (χ1n) is 15.0. The van der Waals surface area contributed by atoms with E-state index in [0.29, 0.717) is 28.1 Å². The van der Waals surface area contributed by atoms with Crippen LogP contribution in [-0.2, 0) is 20.7 Å². The maximum Gasteiger partial charge on any atom is 0.298 e. The van der Waals surface area contributed by atoms with E-state index in [9.17, 15) is 13.2 Å². The molecule has 236 valence electrons. The van der Waals surface area contributed by atoms with E-state index in [1.165, 1.54) is 41.3 Å². The number of carbonyl (C=O) groups is 1. The van der Waals surface area contributed by atoms with Crippen LogP contribution in [-0.4, -0.2) is 50.5 Å². The van der Waals surface area contributed by atoms with Crippen molar-refractivity contribution >= 4 is 38.3 Å². The molecule has 4 aromatic carbocycles. The molecule has 0 spiro atoms. The van der Waals surface area contributed by atoms with Gasteiger partial charge in [-0.3, -0.25) is 4.79 Å². The Morgan fingerprint density at radius 1 is 0.911 bits per heavy atom. The summed E-state index contributed by atoms with van der Waals surface area (Å²) in [5.41, 5.74) is 6.88. The molecule has 0 bridgehead atoms. The van der Waals surface area contributed by atoms with Gasteiger partial charge in [0.1, 0.15) is 5.75 Å². The second kappa shape index (κ2) is 12.7. The van der Waals surface area contributed by atoms with Gasteiger partial charge in [0.05, 0.1) is 11.0 Å². The summed E-state index contributed by atoms with van der Waals surface area (Å²) in [7, 11) is -4.57. The van der Waals surface area contributed by atoms with Gasteiger partial charge in [0.25, 0.3) is 5.92 Å². The summed E-state index contributed by atoms with van der Waals surface area (Å²) in [5, 5.41) is 1.88. The highest BCUT2D eigenvalue weighted by Gasteiger charge is 2.50. The van der Waals surface area contributed by atoms with Gasteiger partial charge in [0, 0.05) is 29.7 Å². The van der Waals surface area contributed by atoms with Crippen LogP contribution in [0.1, 0.15) is 37.7 Å². The Labute approximate surface area is 266 Å². The van der Waals surface area contributed by atoms with Crippen molar-refractivity contribution in [3.8, 4) is 16.9 Å². The van der Waals surface area contributed by atoms with Crippen LogP contribution in [0.4, 0.5) is 8.78 Å². The Balaban J connectivity index is 1.29. The van der Waals surface area contributed by atoms with Gasteiger partial charge in [0.2, 0.25) is 15.9 Å². The largest absolute Gasteiger partial charge is 0.490 e. The summed E-state index contributed by atoms with van der Waals surface area (Å²) in [6.07, 6.45) is 4.87. The minimum Gasteiger partial charge on any atom is -0.490 e. The Kier molecular flexibility index (Phi) is 8.85. The van der Waals surface area contributed by atoms with E-state index in [1.54, 1.807) is 42.5 Å². The smallest absolute Gasteiger partial charge is 0.298 e. The Bertz CT molecular complexity index is 1800. The molecule has 0 unspecified atom stereocenters. The topological polar surface area (TPSA) is 102 Å². The number of hydrogen-bond donors (Lipinski definition) is 2. The van der Waals surface area contributed by atoms with E-state index >= 15 is 8.78 Å². The van der Waals surface area contributed by atoms with Crippen molar-refractivity contribution in [2.24, 2.45) is 5.73 Å². The lowest BCUT2D eigenvalue weighted by Crippen LogP contribution is -2.56. The van der Waals surface area contributed by atoms with Gasteiger partial charge in [0.15, 0.2) is 6.04 Å². The predicted octanol–water partition coefficient (Wildman–Crippen LogP) is 6.48. The van der Waals surface area contributed by atoms with Gasteiger partial charge < -0.3 is 15.4 Å². The zero-order chi connectivity index (χ0) is 31.8. The standard InChI is InChI=1S/C34H34ClF2N3O4S/c35-27-13-7-23(8-14-27)22-5-11-26(12-6-22)34(36,37)32(33(41)40-18-17-28(38)21-40)39-45(42,43)31-16-10-24-19-30(15-9-25(24)20-31)44-29-3-1-2-4-29/h5-16,19-20,28-29,32,39H,1-4,17-18,21,38H2/t28-,32-/m1/s1. The van der Waals surface area contributed by atoms with Crippen LogP contribution >= 0.6 is 11.6 Å². The molecule has 1 amide bonds. The first kappa shape index (κ1) is 31.4. The van der Waals surface area contributed by atoms with Gasteiger partial charge in [-0.1, -0.05) is 60.1 Å². The molecule has 2 aliphatic rings. The van der Waals surface area contributed by atoms with Gasteiger partial charge in [-0.05, 0) is 90.4 Å². The fraction of sp³-hybridized carbons (Fsp3) is 0.324. The minimum absolute atomic E-state index is 0.0594. The number of alkyl halides is 2. The van der Waals surface area contributed by atoms with Crippen molar-refractivity contribution < 1.29 is 26.7 Å². The molecule has 1 heterocycles. The maximum absolute atomic E-state index is 16.3. The molecule has 2 fully saturated rings. The monoisotopic (exact) mass is 653 g/mol. The average molecular weight is 654 g/mol. The summed E-state index contributed by atoms with van der Waals surface area (Å²) >= 11 is 5.97. The highest BCUT2D eigenvalue weighted by molar-refractivity contribution is 7.89. The lowest BCUT2D eigenvalue weighted by molar-refractivity contribution is -0.143. The highest BCUT2D eigenvalue weighted by atomic mass is 35.5. The van der Waals surface area contributed by atoms with Crippen molar-refractivity contribution in [1.82, 2.24) is 9.62 Å². The average Bonchev–Trinajstić information content (AvgIpc) is 3.71. The second-order valence-electron chi connectivity index (χ2n) is 11.8. The van der Waals surface area contributed by atoms with Crippen LogP contribution in [0, 0.1) is 0 Å². The third-order valence-corrected chi connectivity index (χ3v) is 10.2. The van der Waals surface area contributed by atoms with Gasteiger partial charge in [-0.25, -0.2) is 8.42 Å². The fourth-order valence-corrected chi connectivity index (χ4v) is 7.36. The Morgan fingerprint density at radius 3 is 2.18 bits per heavy atom. The summed E-state index contributed by atoms with van der Waals surface area (Å²) in [6.45, 7) is 0.217. The number of likely N-dealkylation sites (tertiary alicyclic amines) is 1. The lowest BCUT2D eigenvalue weighted by Gasteiger charge is -2.30. The van der Waals surface area contributed by atoms with Gasteiger partial charge in [-0.15, -0.1) is 0 Å². The first-order valence-corrected chi connectivity index (χ1v) is 16.9. The number of sulfonamides is 1. The molecule has 45 heavy (non-hydrogen) atoms.